The summed E-state index contributed by atoms with van der Waals surface area (Å²) in [5.74, 6) is -0.636. The van der Waals surface area contributed by atoms with Crippen molar-refractivity contribution in [2.24, 2.45) is 0 Å². The lowest BCUT2D eigenvalue weighted by Crippen LogP contribution is -2.31. The summed E-state index contributed by atoms with van der Waals surface area (Å²) in [7, 11) is 2.78. The highest BCUT2D eigenvalue weighted by Gasteiger charge is 2.41. The molecule has 0 radical (unpaired) electrons. The van der Waals surface area contributed by atoms with E-state index in [1.165, 1.54) is 14.2 Å². The van der Waals surface area contributed by atoms with Gasteiger partial charge in [-0.1, -0.05) is 18.2 Å². The summed E-state index contributed by atoms with van der Waals surface area (Å²) in [6.07, 6.45) is 2.68. The van der Waals surface area contributed by atoms with Crippen molar-refractivity contribution in [3.8, 4) is 5.69 Å². The topological polar surface area (TPSA) is 85.7 Å². The Hall–Kier alpha value is -3.72. The predicted molar refractivity (Wildman–Crippen MR) is 140 cm³/mol. The minimum absolute atomic E-state index is 0.157. The highest BCUT2D eigenvalue weighted by molar-refractivity contribution is 7.80. The van der Waals surface area contributed by atoms with Gasteiger partial charge in [0.1, 0.15) is 0 Å². The molecule has 1 N–H and O–H groups in total. The monoisotopic (exact) mass is 506 g/mol. The Bertz CT molecular complexity index is 1270. The maximum Gasteiger partial charge on any atom is 0.339 e. The van der Waals surface area contributed by atoms with Crippen molar-refractivity contribution in [2.75, 3.05) is 20.8 Å². The molecule has 1 aliphatic rings. The van der Waals surface area contributed by atoms with Crippen molar-refractivity contribution in [1.29, 1.82) is 0 Å². The van der Waals surface area contributed by atoms with Crippen molar-refractivity contribution < 1.29 is 19.1 Å². The average Bonchev–Trinajstić information content (AvgIpc) is 3.38. The first kappa shape index (κ1) is 25.4. The molecule has 4 rings (SSSR count). The standard InChI is InChI=1S/C27H30N4O4S/c1-17-16-20(18(2)31(17)22-12-6-5-10-19(22)26(33)35-4)25-24(21-11-7-8-14-28-21)29-27(36)30(25)15-9-13-23(32)34-3/h5-8,10-12,14,16,24-25H,9,13,15H2,1-4H3,(H,29,36)/t24-,25-/m0/s1. The first-order valence-corrected chi connectivity index (χ1v) is 12.2. The van der Waals surface area contributed by atoms with Crippen LogP contribution in [-0.4, -0.2) is 52.3 Å². The van der Waals surface area contributed by atoms with Crippen molar-refractivity contribution in [3.63, 3.8) is 0 Å². The van der Waals surface area contributed by atoms with Gasteiger partial charge in [0, 0.05) is 30.6 Å². The summed E-state index contributed by atoms with van der Waals surface area (Å²) < 4.78 is 11.9. The van der Waals surface area contributed by atoms with Gasteiger partial charge < -0.3 is 24.3 Å². The second-order valence-electron chi connectivity index (χ2n) is 8.67. The van der Waals surface area contributed by atoms with Crippen molar-refractivity contribution in [3.05, 3.63) is 82.9 Å². The number of nitrogens with one attached hydrogen (secondary N) is 1. The van der Waals surface area contributed by atoms with Gasteiger partial charge in [0.15, 0.2) is 5.11 Å². The summed E-state index contributed by atoms with van der Waals surface area (Å²) in [5, 5.41) is 4.06. The minimum Gasteiger partial charge on any atom is -0.469 e. The number of ether oxygens (including phenoxy) is 2. The Labute approximate surface area is 216 Å². The zero-order valence-corrected chi connectivity index (χ0v) is 21.7. The van der Waals surface area contributed by atoms with E-state index in [9.17, 15) is 9.59 Å². The number of aromatic nitrogens is 2. The molecule has 0 saturated carbocycles. The molecule has 188 valence electrons. The van der Waals surface area contributed by atoms with Crippen LogP contribution in [0.15, 0.2) is 54.7 Å². The van der Waals surface area contributed by atoms with Gasteiger partial charge >= 0.3 is 11.9 Å². The van der Waals surface area contributed by atoms with E-state index in [1.54, 1.807) is 12.3 Å². The van der Waals surface area contributed by atoms with Gasteiger partial charge in [0.05, 0.1) is 43.2 Å². The number of methoxy groups -OCH3 is 2. The summed E-state index contributed by atoms with van der Waals surface area (Å²) in [6.45, 7) is 4.64. The number of aryl methyl sites for hydroxylation is 1. The van der Waals surface area contributed by atoms with E-state index in [0.29, 0.717) is 30.1 Å². The summed E-state index contributed by atoms with van der Waals surface area (Å²) in [4.78, 5) is 31.0. The fourth-order valence-corrected chi connectivity index (χ4v) is 5.22. The van der Waals surface area contributed by atoms with Crippen LogP contribution in [0.2, 0.25) is 0 Å². The van der Waals surface area contributed by atoms with E-state index in [2.05, 4.69) is 25.8 Å². The lowest BCUT2D eigenvalue weighted by Gasteiger charge is -2.28. The Kier molecular flexibility index (Phi) is 7.69. The van der Waals surface area contributed by atoms with Crippen LogP contribution < -0.4 is 5.32 Å². The molecule has 2 atom stereocenters. The number of pyridine rings is 1. The number of hydrogen-bond donors (Lipinski definition) is 1. The van der Waals surface area contributed by atoms with E-state index in [1.807, 2.05) is 50.2 Å². The van der Waals surface area contributed by atoms with Crippen LogP contribution in [0.3, 0.4) is 0 Å². The van der Waals surface area contributed by atoms with E-state index in [-0.39, 0.29) is 24.0 Å². The number of carbonyl (C=O) groups is 2. The molecule has 3 aromatic rings. The number of para-hydroxylation sites is 1. The van der Waals surface area contributed by atoms with Crippen molar-refractivity contribution in [1.82, 2.24) is 19.8 Å². The first-order valence-electron chi connectivity index (χ1n) is 11.8. The molecular formula is C27H30N4O4S. The summed E-state index contributed by atoms with van der Waals surface area (Å²) in [6, 6.07) is 15.0. The smallest absolute Gasteiger partial charge is 0.339 e. The highest BCUT2D eigenvalue weighted by atomic mass is 32.1. The van der Waals surface area contributed by atoms with Crippen LogP contribution in [0.25, 0.3) is 5.69 Å². The van der Waals surface area contributed by atoms with Gasteiger partial charge in [-0.2, -0.15) is 0 Å². The van der Waals surface area contributed by atoms with Crippen LogP contribution >= 0.6 is 12.2 Å². The molecule has 1 saturated heterocycles. The molecule has 0 amide bonds. The van der Waals surface area contributed by atoms with E-state index >= 15 is 0 Å². The third-order valence-electron chi connectivity index (χ3n) is 6.54. The number of esters is 2. The molecule has 8 nitrogen and oxygen atoms in total. The number of rotatable bonds is 8. The largest absolute Gasteiger partial charge is 0.469 e. The van der Waals surface area contributed by atoms with Crippen LogP contribution in [0.5, 0.6) is 0 Å². The SMILES string of the molecule is COC(=O)CCCN1C(=S)N[C@@H](c2ccccn2)[C@@H]1c1cc(C)n(-c2ccccc2C(=O)OC)c1C. The maximum absolute atomic E-state index is 12.5. The van der Waals surface area contributed by atoms with Crippen LogP contribution in [0.1, 0.15) is 57.9 Å². The molecule has 1 fully saturated rings. The van der Waals surface area contributed by atoms with Crippen molar-refractivity contribution in [2.45, 2.75) is 38.8 Å². The van der Waals surface area contributed by atoms with Gasteiger partial charge in [0.25, 0.3) is 0 Å². The van der Waals surface area contributed by atoms with E-state index in [4.69, 9.17) is 21.7 Å². The lowest BCUT2D eigenvalue weighted by atomic mass is 9.96. The van der Waals surface area contributed by atoms with Crippen LogP contribution in [-0.2, 0) is 14.3 Å². The third-order valence-corrected chi connectivity index (χ3v) is 6.90. The van der Waals surface area contributed by atoms with Crippen LogP contribution in [0, 0.1) is 13.8 Å². The first-order chi connectivity index (χ1) is 17.4. The lowest BCUT2D eigenvalue weighted by molar-refractivity contribution is -0.140. The maximum atomic E-state index is 12.5. The summed E-state index contributed by atoms with van der Waals surface area (Å²) >= 11 is 5.75. The molecule has 1 aliphatic heterocycles. The normalized spacial score (nSPS) is 17.1. The molecule has 0 unspecified atom stereocenters. The molecule has 3 heterocycles. The second-order valence-corrected chi connectivity index (χ2v) is 9.06. The Balaban J connectivity index is 1.79. The average molecular weight is 507 g/mol. The van der Waals surface area contributed by atoms with Crippen molar-refractivity contribution >= 4 is 29.3 Å². The molecule has 0 bridgehead atoms. The number of carbonyl (C=O) groups excluding carboxylic acids is 2. The predicted octanol–water partition coefficient (Wildman–Crippen LogP) is 4.20. The van der Waals surface area contributed by atoms with E-state index in [0.717, 1.165) is 28.3 Å². The quantitative estimate of drug-likeness (QED) is 0.359. The van der Waals surface area contributed by atoms with Gasteiger partial charge in [-0.15, -0.1) is 0 Å². The van der Waals surface area contributed by atoms with E-state index < -0.39 is 0 Å². The molecular weight excluding hydrogens is 476 g/mol. The summed E-state index contributed by atoms with van der Waals surface area (Å²) in [5.41, 5.74) is 5.15. The molecule has 0 spiro atoms. The third kappa shape index (κ3) is 4.83. The van der Waals surface area contributed by atoms with Gasteiger partial charge in [-0.25, -0.2) is 4.79 Å². The number of hydrogen-bond acceptors (Lipinski definition) is 6. The Morgan fingerprint density at radius 3 is 2.53 bits per heavy atom. The fourth-order valence-electron chi connectivity index (χ4n) is 4.89. The molecule has 1 aromatic carbocycles. The Morgan fingerprint density at radius 2 is 1.83 bits per heavy atom. The van der Waals surface area contributed by atoms with Gasteiger partial charge in [-0.05, 0) is 68.4 Å². The zero-order chi connectivity index (χ0) is 25.8. The zero-order valence-electron chi connectivity index (χ0n) is 20.9. The minimum atomic E-state index is -0.390. The highest BCUT2D eigenvalue weighted by Crippen LogP contribution is 2.41. The van der Waals surface area contributed by atoms with Gasteiger partial charge in [0.2, 0.25) is 0 Å². The molecule has 2 aromatic heterocycles. The molecule has 36 heavy (non-hydrogen) atoms. The van der Waals surface area contributed by atoms with Crippen LogP contribution in [0.4, 0.5) is 0 Å². The van der Waals surface area contributed by atoms with Gasteiger partial charge in [-0.3, -0.25) is 9.78 Å². The number of thiocarbonyl (C=S) groups is 1. The fraction of sp³-hybridized carbons (Fsp3) is 0.333. The number of benzene rings is 1. The second kappa shape index (κ2) is 10.9. The molecule has 0 aliphatic carbocycles. The number of nitrogens with zero attached hydrogens (tertiary/aromatic N) is 3. The Morgan fingerprint density at radius 1 is 1.08 bits per heavy atom. The molecule has 9 heteroatoms.